The van der Waals surface area contributed by atoms with E-state index in [1.54, 1.807) is 13.0 Å². The fourth-order valence-electron chi connectivity index (χ4n) is 3.29. The highest BCUT2D eigenvalue weighted by atomic mass is 16.1. The van der Waals surface area contributed by atoms with E-state index in [4.69, 9.17) is 12.3 Å². The Morgan fingerprint density at radius 1 is 1.10 bits per heavy atom. The third kappa shape index (κ3) is 3.39. The van der Waals surface area contributed by atoms with Crippen molar-refractivity contribution in [2.24, 2.45) is 0 Å². The molecule has 4 rings (SSSR count). The van der Waals surface area contributed by atoms with E-state index >= 15 is 0 Å². The minimum atomic E-state index is -0.0752. The van der Waals surface area contributed by atoms with Gasteiger partial charge in [-0.25, -0.2) is 14.8 Å². The number of H-pyrrole nitrogens is 1. The zero-order valence-corrected chi connectivity index (χ0v) is 15.7. The maximum absolute atomic E-state index is 13.3. The van der Waals surface area contributed by atoms with E-state index in [9.17, 15) is 4.79 Å². The van der Waals surface area contributed by atoms with Crippen LogP contribution in [0.4, 0.5) is 17.3 Å². The number of rotatable bonds is 4. The molecule has 0 bridgehead atoms. The quantitative estimate of drug-likeness (QED) is 0.463. The van der Waals surface area contributed by atoms with Crippen LogP contribution in [-0.2, 0) is 6.54 Å². The van der Waals surface area contributed by atoms with E-state index < -0.39 is 0 Å². The lowest BCUT2D eigenvalue weighted by Crippen LogP contribution is -2.17. The Labute approximate surface area is 167 Å². The number of hydrogen-bond donors (Lipinski definition) is 3. The molecule has 7 heteroatoms. The molecule has 0 aliphatic rings. The number of anilines is 2. The van der Waals surface area contributed by atoms with E-state index in [0.29, 0.717) is 22.6 Å². The molecule has 0 aliphatic heterocycles. The van der Waals surface area contributed by atoms with E-state index in [1.807, 2.05) is 48.5 Å². The summed E-state index contributed by atoms with van der Waals surface area (Å²) in [5.74, 6) is 0.885. The average molecular weight is 382 g/mol. The molecular formula is C22H18N6O. The summed E-state index contributed by atoms with van der Waals surface area (Å²) >= 11 is 0. The van der Waals surface area contributed by atoms with Crippen molar-refractivity contribution >= 4 is 28.2 Å². The molecule has 0 radical (unpaired) electrons. The van der Waals surface area contributed by atoms with Crippen molar-refractivity contribution in [3.05, 3.63) is 87.6 Å². The SMILES string of the molecule is [C-]#[N+]c1c(N)nc(C)nc1NCc1c(-c2ccccc2)[nH]c2ccccc2c1=O. The van der Waals surface area contributed by atoms with Crippen molar-refractivity contribution in [1.82, 2.24) is 15.0 Å². The lowest BCUT2D eigenvalue weighted by Gasteiger charge is -2.14. The normalized spacial score (nSPS) is 10.6. The van der Waals surface area contributed by atoms with Gasteiger partial charge in [0, 0.05) is 23.0 Å². The van der Waals surface area contributed by atoms with Gasteiger partial charge in [0.1, 0.15) is 17.5 Å². The van der Waals surface area contributed by atoms with Gasteiger partial charge < -0.3 is 16.0 Å². The topological polar surface area (TPSA) is 101 Å². The van der Waals surface area contributed by atoms with Crippen LogP contribution in [0.3, 0.4) is 0 Å². The summed E-state index contributed by atoms with van der Waals surface area (Å²) < 4.78 is 0. The van der Waals surface area contributed by atoms with Crippen molar-refractivity contribution < 1.29 is 0 Å². The first-order chi connectivity index (χ1) is 14.1. The van der Waals surface area contributed by atoms with Crippen molar-refractivity contribution in [3.63, 3.8) is 0 Å². The fraction of sp³-hybridized carbons (Fsp3) is 0.0909. The highest BCUT2D eigenvalue weighted by Gasteiger charge is 2.16. The number of nitrogens with two attached hydrogens (primary N) is 1. The molecule has 4 N–H and O–H groups in total. The molecule has 0 spiro atoms. The summed E-state index contributed by atoms with van der Waals surface area (Å²) in [6, 6.07) is 17.1. The first-order valence-corrected chi connectivity index (χ1v) is 9.03. The van der Waals surface area contributed by atoms with Gasteiger partial charge in [-0.1, -0.05) is 42.5 Å². The summed E-state index contributed by atoms with van der Waals surface area (Å²) in [5, 5.41) is 3.72. The molecule has 4 aromatic rings. The maximum atomic E-state index is 13.3. The highest BCUT2D eigenvalue weighted by Crippen LogP contribution is 2.29. The number of aromatic nitrogens is 3. The molecule has 0 aliphatic carbocycles. The number of para-hydroxylation sites is 1. The van der Waals surface area contributed by atoms with Crippen LogP contribution >= 0.6 is 0 Å². The van der Waals surface area contributed by atoms with Gasteiger partial charge in [0.15, 0.2) is 5.43 Å². The van der Waals surface area contributed by atoms with Gasteiger partial charge in [0.05, 0.1) is 12.3 Å². The van der Waals surface area contributed by atoms with Crippen molar-refractivity contribution in [2.75, 3.05) is 11.1 Å². The molecule has 0 saturated carbocycles. The smallest absolute Gasteiger partial charge is 0.268 e. The average Bonchev–Trinajstić information content (AvgIpc) is 2.73. The highest BCUT2D eigenvalue weighted by molar-refractivity contribution is 5.83. The summed E-state index contributed by atoms with van der Waals surface area (Å²) in [4.78, 5) is 28.4. The molecule has 2 aromatic heterocycles. The number of aryl methyl sites for hydroxylation is 1. The van der Waals surface area contributed by atoms with Crippen LogP contribution in [0.1, 0.15) is 11.4 Å². The summed E-state index contributed by atoms with van der Waals surface area (Å²) in [6.45, 7) is 9.25. The number of fused-ring (bicyclic) bond motifs is 1. The first kappa shape index (κ1) is 18.2. The lowest BCUT2D eigenvalue weighted by atomic mass is 10.0. The van der Waals surface area contributed by atoms with E-state index in [1.165, 1.54) is 0 Å². The molecule has 0 atom stereocenters. The minimum absolute atomic E-state index is 0.0752. The second-order valence-corrected chi connectivity index (χ2v) is 6.54. The summed E-state index contributed by atoms with van der Waals surface area (Å²) in [6.07, 6.45) is 0. The van der Waals surface area contributed by atoms with Crippen LogP contribution in [0.15, 0.2) is 59.4 Å². The number of aromatic amines is 1. The predicted molar refractivity (Wildman–Crippen MR) is 115 cm³/mol. The van der Waals surface area contributed by atoms with E-state index in [0.717, 1.165) is 16.8 Å². The number of nitrogen functional groups attached to an aromatic ring is 1. The molecule has 2 heterocycles. The van der Waals surface area contributed by atoms with Crippen molar-refractivity contribution in [2.45, 2.75) is 13.5 Å². The maximum Gasteiger partial charge on any atom is 0.268 e. The zero-order chi connectivity index (χ0) is 20.4. The Kier molecular flexibility index (Phi) is 4.67. The first-order valence-electron chi connectivity index (χ1n) is 9.03. The van der Waals surface area contributed by atoms with Crippen LogP contribution in [-0.4, -0.2) is 15.0 Å². The second kappa shape index (κ2) is 7.44. The molecular weight excluding hydrogens is 364 g/mol. The molecule has 29 heavy (non-hydrogen) atoms. The van der Waals surface area contributed by atoms with Crippen LogP contribution < -0.4 is 16.5 Å². The van der Waals surface area contributed by atoms with Gasteiger partial charge in [-0.2, -0.15) is 0 Å². The second-order valence-electron chi connectivity index (χ2n) is 6.54. The van der Waals surface area contributed by atoms with Gasteiger partial charge in [0.25, 0.3) is 5.69 Å². The van der Waals surface area contributed by atoms with Crippen LogP contribution in [0, 0.1) is 13.5 Å². The molecule has 142 valence electrons. The third-order valence-electron chi connectivity index (χ3n) is 4.64. The lowest BCUT2D eigenvalue weighted by molar-refractivity contribution is 1.03. The molecule has 7 nitrogen and oxygen atoms in total. The van der Waals surface area contributed by atoms with Gasteiger partial charge >= 0.3 is 0 Å². The fourth-order valence-corrected chi connectivity index (χ4v) is 3.29. The summed E-state index contributed by atoms with van der Waals surface area (Å²) in [7, 11) is 0. The molecule has 2 aromatic carbocycles. The number of nitrogens with zero attached hydrogens (tertiary/aromatic N) is 3. The third-order valence-corrected chi connectivity index (χ3v) is 4.64. The monoisotopic (exact) mass is 382 g/mol. The van der Waals surface area contributed by atoms with Crippen molar-refractivity contribution in [3.8, 4) is 11.3 Å². The number of pyridine rings is 1. The van der Waals surface area contributed by atoms with E-state index in [2.05, 4.69) is 25.1 Å². The van der Waals surface area contributed by atoms with E-state index in [-0.39, 0.29) is 23.5 Å². The van der Waals surface area contributed by atoms with Crippen LogP contribution in [0.25, 0.3) is 27.0 Å². The predicted octanol–water partition coefficient (Wildman–Crippen LogP) is 4.04. The Hall–Kier alpha value is -4.18. The Balaban J connectivity index is 1.85. The van der Waals surface area contributed by atoms with Crippen LogP contribution in [0.5, 0.6) is 0 Å². The summed E-state index contributed by atoms with van der Waals surface area (Å²) in [5.41, 5.74) is 8.88. The number of nitrogens with one attached hydrogen (secondary N) is 2. The Bertz CT molecular complexity index is 1300. The molecule has 0 saturated heterocycles. The molecule has 0 fully saturated rings. The van der Waals surface area contributed by atoms with Gasteiger partial charge in [-0.3, -0.25) is 4.79 Å². The standard InChI is InChI=1S/C22H18N6O/c1-13-26-21(23)19(24-2)22(27-13)25-12-16-18(14-8-4-3-5-9-14)28-17-11-7-6-10-15(17)20(16)29/h3-11H,12H2,1H3,(H,28,29)(H3,23,25,26,27). The number of hydrogen-bond acceptors (Lipinski definition) is 5. The Morgan fingerprint density at radius 2 is 1.83 bits per heavy atom. The van der Waals surface area contributed by atoms with Crippen LogP contribution in [0.2, 0.25) is 0 Å². The molecule has 0 unspecified atom stereocenters. The number of benzene rings is 2. The zero-order valence-electron chi connectivity index (χ0n) is 15.7. The van der Waals surface area contributed by atoms with Crippen molar-refractivity contribution in [1.29, 1.82) is 0 Å². The van der Waals surface area contributed by atoms with Gasteiger partial charge in [-0.15, -0.1) is 0 Å². The van der Waals surface area contributed by atoms with Gasteiger partial charge in [-0.05, 0) is 24.6 Å². The Morgan fingerprint density at radius 3 is 2.59 bits per heavy atom. The van der Waals surface area contributed by atoms with Gasteiger partial charge in [0.2, 0.25) is 0 Å². The minimum Gasteiger partial charge on any atom is -0.392 e. The molecule has 0 amide bonds. The largest absolute Gasteiger partial charge is 0.392 e.